The molecule has 53 valence electrons. The number of nitrogens with zero attached hydrogens (tertiary/aromatic N) is 1. The van der Waals surface area contributed by atoms with Crippen LogP contribution in [0.5, 0.6) is 0 Å². The lowest BCUT2D eigenvalue weighted by atomic mass is 10.0. The molecule has 0 rings (SSSR count). The van der Waals surface area contributed by atoms with Gasteiger partial charge in [0.2, 0.25) is 5.91 Å². The summed E-state index contributed by atoms with van der Waals surface area (Å²) in [6, 6.07) is 0. The third-order valence-corrected chi connectivity index (χ3v) is 1.21. The lowest BCUT2D eigenvalue weighted by Gasteiger charge is -2.19. The molecule has 0 aliphatic carbocycles. The molecule has 0 bridgehead atoms. The number of primary amides is 1. The number of amides is 1. The smallest absolute Gasteiger partial charge is 0.219 e. The van der Waals surface area contributed by atoms with E-state index in [9.17, 15) is 4.79 Å². The first kappa shape index (κ1) is 8.43. The summed E-state index contributed by atoms with van der Waals surface area (Å²) in [4.78, 5) is 10.3. The van der Waals surface area contributed by atoms with Crippen LogP contribution in [0.15, 0.2) is 0 Å². The molecule has 1 radical (unpaired) electrons. The molecule has 0 atom stereocenters. The van der Waals surface area contributed by atoms with Gasteiger partial charge in [-0.3, -0.25) is 4.79 Å². The molecule has 0 aromatic heterocycles. The lowest BCUT2D eigenvalue weighted by Crippen LogP contribution is -2.35. The van der Waals surface area contributed by atoms with Gasteiger partial charge in [0, 0.05) is 19.0 Å². The van der Waals surface area contributed by atoms with Crippen LogP contribution in [0, 0.1) is 0 Å². The molecule has 0 spiro atoms. The van der Waals surface area contributed by atoms with Crippen LogP contribution in [-0.4, -0.2) is 18.5 Å². The number of carbonyl (C=O) groups excluding carboxylic acids is 1. The van der Waals surface area contributed by atoms with Gasteiger partial charge in [0.05, 0.1) is 0 Å². The molecule has 1 amide bonds. The maximum atomic E-state index is 10.3. The number of hydrogen-bond donors (Lipinski definition) is 1. The highest BCUT2D eigenvalue weighted by atomic mass is 16.1. The third-order valence-electron chi connectivity index (χ3n) is 1.21. The van der Waals surface area contributed by atoms with Crippen molar-refractivity contribution in [1.29, 1.82) is 0 Å². The summed E-state index contributed by atoms with van der Waals surface area (Å²) >= 11 is 0. The Morgan fingerprint density at radius 3 is 2.22 bits per heavy atom. The second-order valence-electron chi connectivity index (χ2n) is 2.68. The van der Waals surface area contributed by atoms with Gasteiger partial charge in [0.15, 0.2) is 0 Å². The predicted molar refractivity (Wildman–Crippen MR) is 35.9 cm³/mol. The van der Waals surface area contributed by atoms with Crippen molar-refractivity contribution in [2.24, 2.45) is 5.73 Å². The van der Waals surface area contributed by atoms with E-state index in [0.29, 0.717) is 6.42 Å². The Bertz CT molecular complexity index is 110. The van der Waals surface area contributed by atoms with Crippen molar-refractivity contribution in [3.8, 4) is 0 Å². The molecule has 0 saturated carbocycles. The lowest BCUT2D eigenvalue weighted by molar-refractivity contribution is -0.119. The van der Waals surface area contributed by atoms with Gasteiger partial charge in [-0.05, 0) is 13.8 Å². The Labute approximate surface area is 55.6 Å². The van der Waals surface area contributed by atoms with Crippen molar-refractivity contribution in [2.45, 2.75) is 25.8 Å². The van der Waals surface area contributed by atoms with E-state index >= 15 is 0 Å². The minimum Gasteiger partial charge on any atom is -0.370 e. The van der Waals surface area contributed by atoms with Gasteiger partial charge in [0.1, 0.15) is 0 Å². The normalized spacial score (nSPS) is 11.4. The Morgan fingerprint density at radius 2 is 2.11 bits per heavy atom. The van der Waals surface area contributed by atoms with Crippen molar-refractivity contribution >= 4 is 5.91 Å². The minimum atomic E-state index is -0.300. The Kier molecular flexibility index (Phi) is 2.65. The van der Waals surface area contributed by atoms with Crippen molar-refractivity contribution in [2.75, 3.05) is 7.05 Å². The van der Waals surface area contributed by atoms with Crippen LogP contribution < -0.4 is 11.1 Å². The fourth-order valence-electron chi connectivity index (χ4n) is 0.505. The summed E-state index contributed by atoms with van der Waals surface area (Å²) in [5.74, 6) is -0.300. The highest BCUT2D eigenvalue weighted by Gasteiger charge is 2.18. The largest absolute Gasteiger partial charge is 0.370 e. The maximum Gasteiger partial charge on any atom is 0.219 e. The zero-order valence-corrected chi connectivity index (χ0v) is 6.14. The Balaban J connectivity index is 3.71. The summed E-state index contributed by atoms with van der Waals surface area (Å²) < 4.78 is 0. The van der Waals surface area contributed by atoms with Gasteiger partial charge in [-0.25, -0.2) is 5.32 Å². The van der Waals surface area contributed by atoms with Gasteiger partial charge in [-0.15, -0.1) is 0 Å². The topological polar surface area (TPSA) is 57.2 Å². The van der Waals surface area contributed by atoms with Crippen molar-refractivity contribution in [3.63, 3.8) is 0 Å². The van der Waals surface area contributed by atoms with Crippen molar-refractivity contribution < 1.29 is 4.79 Å². The van der Waals surface area contributed by atoms with E-state index in [1.165, 1.54) is 0 Å². The zero-order chi connectivity index (χ0) is 7.49. The fraction of sp³-hybridized carbons (Fsp3) is 0.833. The first-order chi connectivity index (χ1) is 3.98. The number of hydrogen-bond acceptors (Lipinski definition) is 1. The first-order valence-corrected chi connectivity index (χ1v) is 2.87. The molecule has 0 aromatic rings. The van der Waals surface area contributed by atoms with Crippen LogP contribution >= 0.6 is 0 Å². The first-order valence-electron chi connectivity index (χ1n) is 2.87. The number of rotatable bonds is 3. The van der Waals surface area contributed by atoms with Gasteiger partial charge in [-0.1, -0.05) is 0 Å². The summed E-state index contributed by atoms with van der Waals surface area (Å²) in [5, 5.41) is 3.96. The van der Waals surface area contributed by atoms with Crippen LogP contribution in [0.2, 0.25) is 0 Å². The van der Waals surface area contributed by atoms with Gasteiger partial charge < -0.3 is 5.73 Å². The molecule has 0 saturated heterocycles. The molecular formula is C6H13N2O. The van der Waals surface area contributed by atoms with E-state index in [-0.39, 0.29) is 11.4 Å². The summed E-state index contributed by atoms with van der Waals surface area (Å²) in [6.45, 7) is 3.75. The van der Waals surface area contributed by atoms with E-state index in [1.807, 2.05) is 13.8 Å². The molecule has 3 nitrogen and oxygen atoms in total. The van der Waals surface area contributed by atoms with Gasteiger partial charge in [0.25, 0.3) is 0 Å². The summed E-state index contributed by atoms with van der Waals surface area (Å²) in [5.41, 5.74) is 4.67. The monoisotopic (exact) mass is 129 g/mol. The SMILES string of the molecule is C[N]C(C)(C)CC(N)=O. The molecule has 0 aliphatic heterocycles. The molecule has 0 unspecified atom stereocenters. The maximum absolute atomic E-state index is 10.3. The molecule has 3 heteroatoms. The van der Waals surface area contributed by atoms with E-state index in [1.54, 1.807) is 7.05 Å². The van der Waals surface area contributed by atoms with Crippen LogP contribution in [0.25, 0.3) is 0 Å². The highest BCUT2D eigenvalue weighted by molar-refractivity contribution is 5.74. The van der Waals surface area contributed by atoms with Crippen LogP contribution in [-0.2, 0) is 4.79 Å². The quantitative estimate of drug-likeness (QED) is 0.567. The average Bonchev–Trinajstić information content (AvgIpc) is 1.63. The molecule has 2 N–H and O–H groups in total. The second-order valence-corrected chi connectivity index (χ2v) is 2.68. The average molecular weight is 129 g/mol. The second kappa shape index (κ2) is 2.82. The zero-order valence-electron chi connectivity index (χ0n) is 6.14. The molecular weight excluding hydrogens is 116 g/mol. The van der Waals surface area contributed by atoms with E-state index < -0.39 is 0 Å². The Hall–Kier alpha value is -0.570. The molecule has 0 aliphatic rings. The number of nitrogens with two attached hydrogens (primary N) is 1. The Morgan fingerprint density at radius 1 is 1.67 bits per heavy atom. The van der Waals surface area contributed by atoms with E-state index in [2.05, 4.69) is 5.32 Å². The number of carbonyl (C=O) groups is 1. The predicted octanol–water partition coefficient (Wildman–Crippen LogP) is -0.125. The summed E-state index contributed by atoms with van der Waals surface area (Å²) in [7, 11) is 1.68. The highest BCUT2D eigenvalue weighted by Crippen LogP contribution is 2.06. The van der Waals surface area contributed by atoms with Crippen LogP contribution in [0.1, 0.15) is 20.3 Å². The fourth-order valence-corrected chi connectivity index (χ4v) is 0.505. The van der Waals surface area contributed by atoms with Crippen molar-refractivity contribution in [3.05, 3.63) is 0 Å². The van der Waals surface area contributed by atoms with Gasteiger partial charge in [-0.2, -0.15) is 0 Å². The van der Waals surface area contributed by atoms with Crippen LogP contribution in [0.3, 0.4) is 0 Å². The third kappa shape index (κ3) is 3.97. The summed E-state index contributed by atoms with van der Waals surface area (Å²) in [6.07, 6.45) is 0.323. The minimum absolute atomic E-state index is 0.286. The van der Waals surface area contributed by atoms with Crippen molar-refractivity contribution in [1.82, 2.24) is 5.32 Å². The molecule has 0 fully saturated rings. The molecule has 0 aromatic carbocycles. The standard InChI is InChI=1S/C6H13N2O/c1-6(2,8-3)4-5(7)9/h4H2,1-3H3,(H2,7,9). The van der Waals surface area contributed by atoms with E-state index in [4.69, 9.17) is 5.73 Å². The van der Waals surface area contributed by atoms with Gasteiger partial charge >= 0.3 is 0 Å². The molecule has 9 heavy (non-hydrogen) atoms. The molecule has 0 heterocycles. The van der Waals surface area contributed by atoms with Crippen LogP contribution in [0.4, 0.5) is 0 Å². The van der Waals surface area contributed by atoms with E-state index in [0.717, 1.165) is 0 Å².